The summed E-state index contributed by atoms with van der Waals surface area (Å²) < 4.78 is 7.90. The van der Waals surface area contributed by atoms with Crippen molar-refractivity contribution in [2.75, 3.05) is 4.17 Å². The summed E-state index contributed by atoms with van der Waals surface area (Å²) in [5.41, 5.74) is -2.53. The van der Waals surface area contributed by atoms with Gasteiger partial charge in [0.05, 0.1) is 0 Å². The number of cyclic esters (lactones) is 4. The molecule has 8 heteroatoms. The second kappa shape index (κ2) is 2.71. The van der Waals surface area contributed by atoms with Gasteiger partial charge in [-0.1, -0.05) is 0 Å². The molecule has 0 saturated carbocycles. The maximum atomic E-state index is 11.1. The van der Waals surface area contributed by atoms with Crippen LogP contribution in [0.5, 0.6) is 0 Å². The van der Waals surface area contributed by atoms with Crippen LogP contribution in [0.2, 0.25) is 0 Å². The summed E-state index contributed by atoms with van der Waals surface area (Å²) in [4.78, 5) is 43.7. The third-order valence-electron chi connectivity index (χ3n) is 1.63. The summed E-state index contributed by atoms with van der Waals surface area (Å²) in [6, 6.07) is 0. The van der Waals surface area contributed by atoms with Crippen molar-refractivity contribution >= 4 is 28.4 Å². The molecule has 0 bridgehead atoms. The molecule has 0 aromatic rings. The third kappa shape index (κ3) is 1.03. The van der Waals surface area contributed by atoms with Gasteiger partial charge in [-0.25, -0.2) is 0 Å². The molecule has 2 aliphatic rings. The van der Waals surface area contributed by atoms with E-state index in [1.165, 1.54) is 0 Å². The van der Waals surface area contributed by atoms with Crippen LogP contribution in [0.4, 0.5) is 19.2 Å². The predicted molar refractivity (Wildman–Crippen MR) is 35.5 cm³/mol. The number of halogens is 1. The Morgan fingerprint density at radius 1 is 1.00 bits per heavy atom. The molecule has 0 radical (unpaired) electrons. The first kappa shape index (κ1) is 9.01. The van der Waals surface area contributed by atoms with E-state index in [1.807, 2.05) is 0 Å². The van der Waals surface area contributed by atoms with Crippen molar-refractivity contribution < 1.29 is 49.9 Å². The average Bonchev–Trinajstić information content (AvgIpc) is 2.04. The van der Waals surface area contributed by atoms with Crippen LogP contribution in [0, 0.1) is 0 Å². The molecule has 2 saturated heterocycles. The van der Waals surface area contributed by atoms with Crippen LogP contribution in [0.3, 0.4) is 0 Å². The molecule has 0 N–H and O–H groups in total. The Morgan fingerprint density at radius 2 is 1.54 bits per heavy atom. The fourth-order valence-corrected chi connectivity index (χ4v) is 7.89. The molecule has 0 aromatic carbocycles. The van der Waals surface area contributed by atoms with Gasteiger partial charge in [0.25, 0.3) is 0 Å². The Labute approximate surface area is 82.5 Å². The van der Waals surface area contributed by atoms with E-state index >= 15 is 0 Å². The van der Waals surface area contributed by atoms with Gasteiger partial charge in [0, 0.05) is 0 Å². The average molecular weight is 316 g/mol. The first-order chi connectivity index (χ1) is 6.07. The zero-order valence-electron chi connectivity index (χ0n) is 5.98. The van der Waals surface area contributed by atoms with Crippen LogP contribution < -0.4 is 21.2 Å². The summed E-state index contributed by atoms with van der Waals surface area (Å²) in [5.74, 6) is 0. The standard InChI is InChI=1S/C5H2IO6P/c7-2-6-1-13(3(8)11-2)4(9)12-5(13)10/h1H2. The monoisotopic (exact) mass is 316 g/mol. The molecule has 0 atom stereocenters. The maximum absolute atomic E-state index is 11.1. The molecule has 6 nitrogen and oxygen atoms in total. The molecule has 0 unspecified atom stereocenters. The number of rotatable bonds is 0. The van der Waals surface area contributed by atoms with Crippen molar-refractivity contribution in [2.24, 2.45) is 0 Å². The first-order valence-corrected chi connectivity index (χ1v) is 7.65. The normalized spacial score (nSPS) is 25.8. The van der Waals surface area contributed by atoms with Gasteiger partial charge in [-0.05, 0) is 0 Å². The molecule has 0 aromatic heterocycles. The number of hydrogen-bond donors (Lipinski definition) is 0. The van der Waals surface area contributed by atoms with Gasteiger partial charge < -0.3 is 0 Å². The van der Waals surface area contributed by atoms with Crippen molar-refractivity contribution in [3.63, 3.8) is 0 Å². The van der Waals surface area contributed by atoms with Gasteiger partial charge in [-0.2, -0.15) is 0 Å². The molecule has 2 fully saturated rings. The van der Waals surface area contributed by atoms with E-state index in [-0.39, 0.29) is 4.17 Å². The minimum atomic E-state index is -3.01. The molecular formula is C5H2IO6P. The van der Waals surface area contributed by atoms with Crippen LogP contribution in [0.1, 0.15) is 0 Å². The van der Waals surface area contributed by atoms with Gasteiger partial charge in [0.1, 0.15) is 0 Å². The summed E-state index contributed by atoms with van der Waals surface area (Å²) in [5, 5.41) is 0. The Kier molecular flexibility index (Phi) is 1.88. The van der Waals surface area contributed by atoms with E-state index in [0.717, 1.165) is 0 Å². The molecule has 1 spiro atoms. The topological polar surface area (TPSA) is 86.7 Å². The quantitative estimate of drug-likeness (QED) is 0.179. The number of ether oxygens (including phenoxy) is 2. The number of hydrogen-bond acceptors (Lipinski definition) is 6. The van der Waals surface area contributed by atoms with E-state index < -0.39 is 49.6 Å². The molecule has 0 aliphatic carbocycles. The van der Waals surface area contributed by atoms with E-state index in [0.29, 0.717) is 0 Å². The molecule has 70 valence electrons. The van der Waals surface area contributed by atoms with Crippen molar-refractivity contribution in [3.05, 3.63) is 0 Å². The molecule has 0 amide bonds. The Bertz CT molecular complexity index is 335. The summed E-state index contributed by atoms with van der Waals surface area (Å²) in [6.45, 7) is 0. The van der Waals surface area contributed by atoms with Gasteiger partial charge in [0.2, 0.25) is 0 Å². The zero-order chi connectivity index (χ0) is 9.64. The second-order valence-corrected chi connectivity index (χ2v) is 8.95. The Morgan fingerprint density at radius 3 is 2.00 bits per heavy atom. The zero-order valence-corrected chi connectivity index (χ0v) is 9.03. The van der Waals surface area contributed by atoms with Crippen LogP contribution in [0.15, 0.2) is 0 Å². The summed E-state index contributed by atoms with van der Waals surface area (Å²) in [7, 11) is -3.01. The SMILES string of the molecule is O=C1OC(=O)[P+]2(C[I-]1)C(=O)OC2=O. The Balaban J connectivity index is 2.33. The van der Waals surface area contributed by atoms with Crippen LogP contribution in [-0.2, 0) is 9.47 Å². The van der Waals surface area contributed by atoms with Crippen LogP contribution in [0.25, 0.3) is 0 Å². The molecule has 13 heavy (non-hydrogen) atoms. The molecular weight excluding hydrogens is 314 g/mol. The van der Waals surface area contributed by atoms with Crippen molar-refractivity contribution in [3.8, 4) is 0 Å². The molecule has 2 aliphatic heterocycles. The number of alkyl halides is 1. The van der Waals surface area contributed by atoms with Gasteiger partial charge in [-0.15, -0.1) is 0 Å². The first-order valence-electron chi connectivity index (χ1n) is 3.08. The van der Waals surface area contributed by atoms with E-state index in [1.54, 1.807) is 0 Å². The molecule has 2 rings (SSSR count). The van der Waals surface area contributed by atoms with Crippen molar-refractivity contribution in [1.82, 2.24) is 0 Å². The van der Waals surface area contributed by atoms with Gasteiger partial charge >= 0.3 is 82.4 Å². The summed E-state index contributed by atoms with van der Waals surface area (Å²) in [6.07, 6.45) is 0. The van der Waals surface area contributed by atoms with Gasteiger partial charge in [-0.3, -0.25) is 0 Å². The van der Waals surface area contributed by atoms with Crippen molar-refractivity contribution in [1.29, 1.82) is 0 Å². The minimum absolute atomic E-state index is 0.0845. The van der Waals surface area contributed by atoms with Gasteiger partial charge in [0.15, 0.2) is 0 Å². The van der Waals surface area contributed by atoms with E-state index in [9.17, 15) is 19.2 Å². The van der Waals surface area contributed by atoms with Crippen LogP contribution >= 0.6 is 7.26 Å². The summed E-state index contributed by atoms with van der Waals surface area (Å²) >= 11 is -1.03. The number of carbonyl (C=O) groups is 4. The predicted octanol–water partition coefficient (Wildman–Crippen LogP) is -1.41. The second-order valence-electron chi connectivity index (χ2n) is 2.30. The molecule has 2 heterocycles. The van der Waals surface area contributed by atoms with Crippen molar-refractivity contribution in [2.45, 2.75) is 0 Å². The van der Waals surface area contributed by atoms with Crippen LogP contribution in [-0.4, -0.2) is 25.3 Å². The fraction of sp³-hybridized carbons (Fsp3) is 0.200. The fourth-order valence-electron chi connectivity index (χ4n) is 0.874. The van der Waals surface area contributed by atoms with E-state index in [4.69, 9.17) is 0 Å². The number of carbonyl (C=O) groups excluding carboxylic acids is 4. The third-order valence-corrected chi connectivity index (χ3v) is 9.18. The Hall–Kier alpha value is -0.560. The van der Waals surface area contributed by atoms with E-state index in [2.05, 4.69) is 9.47 Å².